The van der Waals surface area contributed by atoms with E-state index >= 15 is 0 Å². The summed E-state index contributed by atoms with van der Waals surface area (Å²) in [6.45, 7) is 6.28. The molecule has 3 aromatic heterocycles. The number of carbonyl (C=O) groups excluding carboxylic acids is 2. The smallest absolute Gasteiger partial charge is 0.299 e. The summed E-state index contributed by atoms with van der Waals surface area (Å²) in [7, 11) is 0. The van der Waals surface area contributed by atoms with E-state index in [2.05, 4.69) is 31.5 Å². The number of aromatic nitrogens is 4. The van der Waals surface area contributed by atoms with Crippen molar-refractivity contribution >= 4 is 23.1 Å². The standard InChI is InChI=1S/C28H26N6O2/c1-4-8-24(35)33-16-7-9-22(33)27-32-25(26-19(3)30-17-18(2)34(26)27)20-11-13-21(14-12-20)28(36)31-23-10-5-6-15-29-23/h5-6,10-15,17,22H,7,9,16H2,1-3H3,(H,29,31,36). The molecule has 1 saturated heterocycles. The zero-order valence-corrected chi connectivity index (χ0v) is 20.4. The topological polar surface area (TPSA) is 92.5 Å². The molecule has 0 saturated carbocycles. The van der Waals surface area contributed by atoms with Crippen LogP contribution in [0.1, 0.15) is 53.4 Å². The summed E-state index contributed by atoms with van der Waals surface area (Å²) < 4.78 is 2.11. The molecule has 1 aliphatic rings. The van der Waals surface area contributed by atoms with E-state index in [-0.39, 0.29) is 17.9 Å². The molecule has 1 fully saturated rings. The summed E-state index contributed by atoms with van der Waals surface area (Å²) >= 11 is 0. The lowest BCUT2D eigenvalue weighted by Gasteiger charge is -2.22. The number of nitrogens with zero attached hydrogens (tertiary/aromatic N) is 5. The molecule has 1 aliphatic heterocycles. The van der Waals surface area contributed by atoms with Crippen molar-refractivity contribution in [3.05, 3.63) is 77.6 Å². The lowest BCUT2D eigenvalue weighted by atomic mass is 10.1. The number of hydrogen-bond donors (Lipinski definition) is 1. The van der Waals surface area contributed by atoms with Gasteiger partial charge in [0.25, 0.3) is 11.8 Å². The van der Waals surface area contributed by atoms with E-state index in [1.165, 1.54) is 0 Å². The molecule has 1 atom stereocenters. The van der Waals surface area contributed by atoms with Crippen molar-refractivity contribution in [1.82, 2.24) is 24.3 Å². The number of aryl methyl sites for hydroxylation is 2. The van der Waals surface area contributed by atoms with Gasteiger partial charge in [-0.1, -0.05) is 24.1 Å². The number of nitrogens with one attached hydrogen (secondary N) is 1. The summed E-state index contributed by atoms with van der Waals surface area (Å²) in [4.78, 5) is 41.0. The molecule has 4 aromatic rings. The minimum absolute atomic E-state index is 0.163. The molecule has 0 spiro atoms. The second kappa shape index (κ2) is 9.62. The van der Waals surface area contributed by atoms with Gasteiger partial charge in [-0.2, -0.15) is 0 Å². The molecule has 8 heteroatoms. The van der Waals surface area contributed by atoms with Crippen molar-refractivity contribution in [2.75, 3.05) is 11.9 Å². The molecule has 1 unspecified atom stereocenters. The summed E-state index contributed by atoms with van der Waals surface area (Å²) in [5.74, 6) is 6.29. The first kappa shape index (κ1) is 23.2. The monoisotopic (exact) mass is 478 g/mol. The Balaban J connectivity index is 1.54. The minimum atomic E-state index is -0.235. The van der Waals surface area contributed by atoms with Crippen LogP contribution in [0.5, 0.6) is 0 Å². The lowest BCUT2D eigenvalue weighted by Crippen LogP contribution is -2.30. The van der Waals surface area contributed by atoms with Crippen molar-refractivity contribution in [3.63, 3.8) is 0 Å². The maximum absolute atomic E-state index is 12.7. The number of likely N-dealkylation sites (tertiary alicyclic amines) is 1. The summed E-state index contributed by atoms with van der Waals surface area (Å²) in [5, 5.41) is 2.80. The van der Waals surface area contributed by atoms with Crippen molar-refractivity contribution in [2.45, 2.75) is 39.7 Å². The quantitative estimate of drug-likeness (QED) is 0.441. The van der Waals surface area contributed by atoms with Crippen molar-refractivity contribution in [1.29, 1.82) is 0 Å². The van der Waals surface area contributed by atoms with Crippen molar-refractivity contribution in [3.8, 4) is 23.1 Å². The first-order valence-corrected chi connectivity index (χ1v) is 11.9. The zero-order chi connectivity index (χ0) is 25.2. The largest absolute Gasteiger partial charge is 0.322 e. The van der Waals surface area contributed by atoms with Gasteiger partial charge in [-0.15, -0.1) is 0 Å². The average Bonchev–Trinajstić information content (AvgIpc) is 3.53. The molecule has 0 bridgehead atoms. The molecule has 1 N–H and O–H groups in total. The molecule has 1 aromatic carbocycles. The van der Waals surface area contributed by atoms with Crippen LogP contribution in [0.15, 0.2) is 54.9 Å². The van der Waals surface area contributed by atoms with Gasteiger partial charge in [0.15, 0.2) is 0 Å². The number of amides is 2. The highest BCUT2D eigenvalue weighted by molar-refractivity contribution is 6.04. The molecular formula is C28H26N6O2. The Bertz CT molecular complexity index is 1510. The van der Waals surface area contributed by atoms with Gasteiger partial charge >= 0.3 is 0 Å². The van der Waals surface area contributed by atoms with Gasteiger partial charge in [-0.25, -0.2) is 9.97 Å². The minimum Gasteiger partial charge on any atom is -0.322 e. The summed E-state index contributed by atoms with van der Waals surface area (Å²) in [6.07, 6.45) is 5.18. The predicted molar refractivity (Wildman–Crippen MR) is 137 cm³/mol. The maximum atomic E-state index is 12.7. The van der Waals surface area contributed by atoms with Gasteiger partial charge < -0.3 is 10.2 Å². The van der Waals surface area contributed by atoms with Crippen LogP contribution >= 0.6 is 0 Å². The Hall–Kier alpha value is -4.51. The van der Waals surface area contributed by atoms with Crippen molar-refractivity contribution < 1.29 is 9.59 Å². The highest BCUT2D eigenvalue weighted by Gasteiger charge is 2.34. The Labute approximate surface area is 209 Å². The molecule has 4 heterocycles. The zero-order valence-electron chi connectivity index (χ0n) is 20.4. The third-order valence-corrected chi connectivity index (χ3v) is 6.41. The van der Waals surface area contributed by atoms with E-state index in [1.807, 2.05) is 43.1 Å². The number of hydrogen-bond acceptors (Lipinski definition) is 5. The van der Waals surface area contributed by atoms with Crippen LogP contribution in [0.25, 0.3) is 16.8 Å². The third-order valence-electron chi connectivity index (χ3n) is 6.41. The summed E-state index contributed by atoms with van der Waals surface area (Å²) in [5.41, 5.74) is 4.85. The Morgan fingerprint density at radius 3 is 2.61 bits per heavy atom. The molecule has 8 nitrogen and oxygen atoms in total. The number of fused-ring (bicyclic) bond motifs is 1. The van der Waals surface area contributed by atoms with Crippen LogP contribution < -0.4 is 5.32 Å². The van der Waals surface area contributed by atoms with E-state index in [1.54, 1.807) is 37.4 Å². The fourth-order valence-corrected chi connectivity index (χ4v) is 4.72. The van der Waals surface area contributed by atoms with Gasteiger partial charge in [0.1, 0.15) is 11.6 Å². The average molecular weight is 479 g/mol. The highest BCUT2D eigenvalue weighted by atomic mass is 16.2. The van der Waals surface area contributed by atoms with Gasteiger partial charge in [-0.3, -0.25) is 19.0 Å². The Morgan fingerprint density at radius 1 is 1.08 bits per heavy atom. The third kappa shape index (κ3) is 4.20. The molecule has 5 rings (SSSR count). The van der Waals surface area contributed by atoms with E-state index in [0.29, 0.717) is 17.9 Å². The summed E-state index contributed by atoms with van der Waals surface area (Å²) in [6, 6.07) is 12.5. The van der Waals surface area contributed by atoms with E-state index < -0.39 is 0 Å². The molecule has 0 aliphatic carbocycles. The van der Waals surface area contributed by atoms with Crippen LogP contribution in [0, 0.1) is 25.7 Å². The van der Waals surface area contributed by atoms with Crippen LogP contribution in [-0.2, 0) is 4.79 Å². The van der Waals surface area contributed by atoms with Gasteiger partial charge in [-0.05, 0) is 63.8 Å². The predicted octanol–water partition coefficient (Wildman–Crippen LogP) is 4.35. The maximum Gasteiger partial charge on any atom is 0.299 e. The fourth-order valence-electron chi connectivity index (χ4n) is 4.72. The number of imidazole rings is 1. The molecule has 0 radical (unpaired) electrons. The molecular weight excluding hydrogens is 452 g/mol. The number of pyridine rings is 1. The molecule has 2 amide bonds. The van der Waals surface area contributed by atoms with Crippen LogP contribution in [0.3, 0.4) is 0 Å². The number of benzene rings is 1. The van der Waals surface area contributed by atoms with Gasteiger partial charge in [0.2, 0.25) is 0 Å². The second-order valence-corrected chi connectivity index (χ2v) is 8.77. The van der Waals surface area contributed by atoms with E-state index in [9.17, 15) is 9.59 Å². The van der Waals surface area contributed by atoms with Crippen molar-refractivity contribution in [2.24, 2.45) is 0 Å². The highest BCUT2D eigenvalue weighted by Crippen LogP contribution is 2.36. The SMILES string of the molecule is CC#CC(=O)N1CCCC1c1nc(-c2ccc(C(=O)Nc3ccccn3)cc2)c2c(C)ncc(C)n12. The second-order valence-electron chi connectivity index (χ2n) is 8.77. The normalized spacial score (nSPS) is 15.0. The number of rotatable bonds is 4. The van der Waals surface area contributed by atoms with E-state index in [4.69, 9.17) is 4.98 Å². The van der Waals surface area contributed by atoms with Crippen LogP contribution in [-0.4, -0.2) is 42.6 Å². The fraction of sp³-hybridized carbons (Fsp3) is 0.250. The van der Waals surface area contributed by atoms with Gasteiger partial charge in [0.05, 0.1) is 22.9 Å². The lowest BCUT2D eigenvalue weighted by molar-refractivity contribution is -0.126. The van der Waals surface area contributed by atoms with Gasteiger partial charge in [0, 0.05) is 35.8 Å². The van der Waals surface area contributed by atoms with Crippen LogP contribution in [0.2, 0.25) is 0 Å². The Kier molecular flexibility index (Phi) is 6.21. The van der Waals surface area contributed by atoms with Crippen LogP contribution in [0.4, 0.5) is 5.82 Å². The number of anilines is 1. The molecule has 36 heavy (non-hydrogen) atoms. The number of carbonyl (C=O) groups is 2. The van der Waals surface area contributed by atoms with E-state index in [0.717, 1.165) is 46.8 Å². The molecule has 180 valence electrons. The first-order valence-electron chi connectivity index (χ1n) is 11.9. The first-order chi connectivity index (χ1) is 17.5. The Morgan fingerprint density at radius 2 is 1.89 bits per heavy atom.